The lowest BCUT2D eigenvalue weighted by atomic mass is 10.1. The first-order valence-electron chi connectivity index (χ1n) is 10.6. The van der Waals surface area contributed by atoms with E-state index in [1.165, 1.54) is 12.0 Å². The van der Waals surface area contributed by atoms with Crippen molar-refractivity contribution >= 4 is 5.91 Å². The van der Waals surface area contributed by atoms with Gasteiger partial charge in [-0.3, -0.25) is 9.69 Å². The van der Waals surface area contributed by atoms with Crippen molar-refractivity contribution in [3.8, 4) is 5.75 Å². The second-order valence-electron chi connectivity index (χ2n) is 8.10. The molecule has 0 aliphatic carbocycles. The fourth-order valence-corrected chi connectivity index (χ4v) is 4.31. The van der Waals surface area contributed by atoms with Crippen molar-refractivity contribution in [2.45, 2.75) is 52.1 Å². The fraction of sp³-hybridized carbons (Fsp3) is 0.522. The highest BCUT2D eigenvalue weighted by atomic mass is 16.5. The van der Waals surface area contributed by atoms with E-state index in [1.54, 1.807) is 6.92 Å². The van der Waals surface area contributed by atoms with E-state index in [1.807, 2.05) is 23.2 Å². The van der Waals surface area contributed by atoms with Crippen molar-refractivity contribution in [3.05, 3.63) is 53.1 Å². The summed E-state index contributed by atoms with van der Waals surface area (Å²) < 4.78 is 5.90. The Morgan fingerprint density at radius 1 is 1.31 bits per heavy atom. The minimum atomic E-state index is 0.120. The Hall–Kier alpha value is -2.47. The molecular formula is C23H30N4O2. The second-order valence-corrected chi connectivity index (χ2v) is 8.10. The summed E-state index contributed by atoms with van der Waals surface area (Å²) in [6, 6.07) is 8.50. The summed E-state index contributed by atoms with van der Waals surface area (Å²) in [6.45, 7) is 7.90. The van der Waals surface area contributed by atoms with Crippen molar-refractivity contribution in [2.75, 3.05) is 26.2 Å². The molecule has 0 N–H and O–H groups in total. The third kappa shape index (κ3) is 4.75. The fourth-order valence-electron chi connectivity index (χ4n) is 4.31. The Labute approximate surface area is 172 Å². The molecule has 3 heterocycles. The highest BCUT2D eigenvalue weighted by molar-refractivity contribution is 5.73. The quantitative estimate of drug-likeness (QED) is 0.704. The zero-order valence-corrected chi connectivity index (χ0v) is 17.4. The molecule has 1 fully saturated rings. The monoisotopic (exact) mass is 394 g/mol. The molecule has 1 atom stereocenters. The number of aromatic nitrogens is 2. The van der Waals surface area contributed by atoms with E-state index < -0.39 is 0 Å². The predicted octanol–water partition coefficient (Wildman–Crippen LogP) is 3.30. The van der Waals surface area contributed by atoms with E-state index in [9.17, 15) is 4.79 Å². The molecule has 154 valence electrons. The van der Waals surface area contributed by atoms with E-state index in [4.69, 9.17) is 9.72 Å². The number of ether oxygens (including phenoxy) is 1. The molecule has 29 heavy (non-hydrogen) atoms. The van der Waals surface area contributed by atoms with Crippen LogP contribution < -0.4 is 4.74 Å². The van der Waals surface area contributed by atoms with Crippen LogP contribution in [-0.4, -0.2) is 51.9 Å². The van der Waals surface area contributed by atoms with Crippen molar-refractivity contribution in [2.24, 2.45) is 0 Å². The molecule has 0 radical (unpaired) electrons. The number of amides is 1. The summed E-state index contributed by atoms with van der Waals surface area (Å²) in [4.78, 5) is 25.6. The lowest BCUT2D eigenvalue weighted by Crippen LogP contribution is -2.35. The second kappa shape index (κ2) is 8.91. The largest absolute Gasteiger partial charge is 0.494 e. The van der Waals surface area contributed by atoms with Crippen LogP contribution in [0.15, 0.2) is 30.5 Å². The van der Waals surface area contributed by atoms with Gasteiger partial charge in [0.15, 0.2) is 0 Å². The number of benzene rings is 1. The number of likely N-dealkylation sites (tertiary alicyclic amines) is 1. The zero-order chi connectivity index (χ0) is 20.2. The average molecular weight is 395 g/mol. The molecule has 6 nitrogen and oxygen atoms in total. The Morgan fingerprint density at radius 2 is 2.21 bits per heavy atom. The maximum Gasteiger partial charge on any atom is 0.219 e. The van der Waals surface area contributed by atoms with Crippen LogP contribution >= 0.6 is 0 Å². The summed E-state index contributed by atoms with van der Waals surface area (Å²) in [6.07, 6.45) is 6.04. The minimum Gasteiger partial charge on any atom is -0.494 e. The van der Waals surface area contributed by atoms with Crippen molar-refractivity contribution in [3.63, 3.8) is 0 Å². The van der Waals surface area contributed by atoms with Crippen LogP contribution in [0.25, 0.3) is 0 Å². The lowest BCUT2D eigenvalue weighted by Gasteiger charge is -2.28. The standard InChI is InChI=1S/C23H30N4O2/c1-17-6-3-7-20(14-17)29-13-5-11-26-10-4-8-22(26)23-24-15-19-16-27(18(2)28)12-9-21(19)25-23/h3,6-7,14-15,22H,4-5,8-13,16H2,1-2H3/t22-/m0/s1. The van der Waals surface area contributed by atoms with Gasteiger partial charge in [-0.05, 0) is 50.4 Å². The van der Waals surface area contributed by atoms with Gasteiger partial charge in [0.05, 0.1) is 18.3 Å². The van der Waals surface area contributed by atoms with Crippen molar-refractivity contribution in [1.82, 2.24) is 19.8 Å². The number of fused-ring (bicyclic) bond motifs is 1. The topological polar surface area (TPSA) is 58.6 Å². The molecule has 2 aliphatic rings. The number of carbonyl (C=O) groups excluding carboxylic acids is 1. The summed E-state index contributed by atoms with van der Waals surface area (Å²) in [7, 11) is 0. The highest BCUT2D eigenvalue weighted by Crippen LogP contribution is 2.30. The number of rotatable bonds is 6. The molecule has 0 spiro atoms. The van der Waals surface area contributed by atoms with Crippen LogP contribution in [0.3, 0.4) is 0 Å². The smallest absolute Gasteiger partial charge is 0.219 e. The van der Waals surface area contributed by atoms with Gasteiger partial charge < -0.3 is 9.64 Å². The first kappa shape index (κ1) is 19.8. The Kier molecular flexibility index (Phi) is 6.09. The molecule has 4 rings (SSSR count). The van der Waals surface area contributed by atoms with Crippen LogP contribution in [0.4, 0.5) is 0 Å². The van der Waals surface area contributed by atoms with Gasteiger partial charge >= 0.3 is 0 Å². The van der Waals surface area contributed by atoms with E-state index in [-0.39, 0.29) is 5.91 Å². The Balaban J connectivity index is 1.33. The van der Waals surface area contributed by atoms with Gasteiger partial charge in [0.2, 0.25) is 5.91 Å². The molecule has 0 saturated carbocycles. The maximum absolute atomic E-state index is 11.6. The molecule has 0 bridgehead atoms. The van der Waals surface area contributed by atoms with Gasteiger partial charge in [0.25, 0.3) is 0 Å². The highest BCUT2D eigenvalue weighted by Gasteiger charge is 2.29. The number of hydrogen-bond donors (Lipinski definition) is 0. The third-order valence-electron chi connectivity index (χ3n) is 5.91. The third-order valence-corrected chi connectivity index (χ3v) is 5.91. The predicted molar refractivity (Wildman–Crippen MR) is 112 cm³/mol. The van der Waals surface area contributed by atoms with E-state index in [2.05, 4.69) is 28.9 Å². The summed E-state index contributed by atoms with van der Waals surface area (Å²) in [5.74, 6) is 2.01. The Bertz CT molecular complexity index is 870. The van der Waals surface area contributed by atoms with E-state index in [0.717, 1.165) is 68.3 Å². The number of nitrogens with zero attached hydrogens (tertiary/aromatic N) is 4. The molecule has 1 amide bonds. The molecule has 1 aromatic carbocycles. The van der Waals surface area contributed by atoms with Crippen LogP contribution in [0.5, 0.6) is 5.75 Å². The van der Waals surface area contributed by atoms with Gasteiger partial charge in [0.1, 0.15) is 11.6 Å². The van der Waals surface area contributed by atoms with Gasteiger partial charge in [0, 0.05) is 44.7 Å². The molecule has 0 unspecified atom stereocenters. The Morgan fingerprint density at radius 3 is 3.03 bits per heavy atom. The molecule has 6 heteroatoms. The molecular weight excluding hydrogens is 364 g/mol. The maximum atomic E-state index is 11.6. The van der Waals surface area contributed by atoms with Gasteiger partial charge in [-0.15, -0.1) is 0 Å². The minimum absolute atomic E-state index is 0.120. The number of carbonyl (C=O) groups is 1. The van der Waals surface area contributed by atoms with Crippen LogP contribution in [0.2, 0.25) is 0 Å². The van der Waals surface area contributed by atoms with Gasteiger partial charge in [-0.2, -0.15) is 0 Å². The SMILES string of the molecule is CC(=O)N1CCc2nc([C@@H]3CCCN3CCCOc3cccc(C)c3)ncc2C1. The molecule has 1 saturated heterocycles. The van der Waals surface area contributed by atoms with Crippen molar-refractivity contribution in [1.29, 1.82) is 0 Å². The normalized spacial score (nSPS) is 19.2. The first-order chi connectivity index (χ1) is 14.1. The van der Waals surface area contributed by atoms with Crippen LogP contribution in [0, 0.1) is 6.92 Å². The summed E-state index contributed by atoms with van der Waals surface area (Å²) in [5, 5.41) is 0. The zero-order valence-electron chi connectivity index (χ0n) is 17.4. The average Bonchev–Trinajstić information content (AvgIpc) is 3.19. The lowest BCUT2D eigenvalue weighted by molar-refractivity contribution is -0.129. The molecule has 1 aromatic heterocycles. The van der Waals surface area contributed by atoms with Crippen LogP contribution in [0.1, 0.15) is 54.9 Å². The summed E-state index contributed by atoms with van der Waals surface area (Å²) >= 11 is 0. The van der Waals surface area contributed by atoms with E-state index in [0.29, 0.717) is 12.6 Å². The summed E-state index contributed by atoms with van der Waals surface area (Å²) in [5.41, 5.74) is 3.42. The van der Waals surface area contributed by atoms with Gasteiger partial charge in [-0.1, -0.05) is 12.1 Å². The first-order valence-corrected chi connectivity index (χ1v) is 10.6. The number of hydrogen-bond acceptors (Lipinski definition) is 5. The molecule has 2 aromatic rings. The number of aryl methyl sites for hydroxylation is 1. The molecule has 2 aliphatic heterocycles. The van der Waals surface area contributed by atoms with Gasteiger partial charge in [-0.25, -0.2) is 9.97 Å². The van der Waals surface area contributed by atoms with Crippen LogP contribution in [-0.2, 0) is 17.8 Å². The van der Waals surface area contributed by atoms with Crippen molar-refractivity contribution < 1.29 is 9.53 Å². The van der Waals surface area contributed by atoms with E-state index >= 15 is 0 Å².